The lowest BCUT2D eigenvalue weighted by Crippen LogP contribution is -2.11. The van der Waals surface area contributed by atoms with Crippen LogP contribution in [0.15, 0.2) is 66.7 Å². The lowest BCUT2D eigenvalue weighted by atomic mass is 10.1. The summed E-state index contributed by atoms with van der Waals surface area (Å²) in [6.07, 6.45) is 0. The zero-order chi connectivity index (χ0) is 20.8. The molecule has 29 heavy (non-hydrogen) atoms. The van der Waals surface area contributed by atoms with Crippen molar-refractivity contribution in [2.75, 3.05) is 10.6 Å². The van der Waals surface area contributed by atoms with Crippen LogP contribution in [0.1, 0.15) is 38.8 Å². The largest absolute Gasteiger partial charge is 0.380 e. The smallest absolute Gasteiger partial charge is 0.255 e. The van der Waals surface area contributed by atoms with Crippen LogP contribution in [0.3, 0.4) is 0 Å². The minimum absolute atomic E-state index is 0.0706. The summed E-state index contributed by atoms with van der Waals surface area (Å²) in [7, 11) is 0. The first-order valence-corrected chi connectivity index (χ1v) is 8.91. The Morgan fingerprint density at radius 3 is 2.24 bits per heavy atom. The van der Waals surface area contributed by atoms with Gasteiger partial charge in [0, 0.05) is 23.4 Å². The van der Waals surface area contributed by atoms with E-state index in [2.05, 4.69) is 16.7 Å². The molecular weight excluding hydrogens is 369 g/mol. The second-order valence-electron chi connectivity index (χ2n) is 6.44. The Morgan fingerprint density at radius 2 is 1.62 bits per heavy atom. The minimum Gasteiger partial charge on any atom is -0.380 e. The quantitative estimate of drug-likeness (QED) is 0.597. The van der Waals surface area contributed by atoms with Gasteiger partial charge in [-0.15, -0.1) is 0 Å². The van der Waals surface area contributed by atoms with E-state index in [1.54, 1.807) is 30.3 Å². The van der Waals surface area contributed by atoms with Crippen molar-refractivity contribution in [2.24, 2.45) is 0 Å². The Labute approximate surface area is 167 Å². The summed E-state index contributed by atoms with van der Waals surface area (Å²) in [4.78, 5) is 23.7. The number of amides is 1. The molecule has 6 heteroatoms. The number of ketones is 1. The number of hydrogen-bond donors (Lipinski definition) is 2. The molecule has 0 saturated carbocycles. The van der Waals surface area contributed by atoms with Gasteiger partial charge in [0.15, 0.2) is 5.78 Å². The topological polar surface area (TPSA) is 82.0 Å². The van der Waals surface area contributed by atoms with Gasteiger partial charge in [-0.2, -0.15) is 5.26 Å². The second kappa shape index (κ2) is 8.81. The summed E-state index contributed by atoms with van der Waals surface area (Å²) >= 11 is 0. The molecular formula is C23H18FN3O2. The molecule has 0 aliphatic carbocycles. The third-order valence-corrected chi connectivity index (χ3v) is 4.35. The van der Waals surface area contributed by atoms with Gasteiger partial charge < -0.3 is 10.6 Å². The van der Waals surface area contributed by atoms with Crippen molar-refractivity contribution in [1.29, 1.82) is 5.26 Å². The van der Waals surface area contributed by atoms with E-state index in [4.69, 9.17) is 0 Å². The van der Waals surface area contributed by atoms with E-state index < -0.39 is 5.82 Å². The highest BCUT2D eigenvalue weighted by atomic mass is 19.1. The number of rotatable bonds is 6. The molecule has 0 heterocycles. The van der Waals surface area contributed by atoms with Crippen molar-refractivity contribution < 1.29 is 14.0 Å². The zero-order valence-corrected chi connectivity index (χ0v) is 15.7. The number of Topliss-reactive ketones (excluding diaryl/α,β-unsaturated/α-hetero) is 1. The number of nitriles is 1. The molecule has 0 bridgehead atoms. The summed E-state index contributed by atoms with van der Waals surface area (Å²) < 4.78 is 13.0. The van der Waals surface area contributed by atoms with Crippen LogP contribution in [-0.4, -0.2) is 11.7 Å². The SMILES string of the molecule is CC(=O)c1ccc(C#N)c(NCc2ccc(NC(=O)c3ccc(F)cc3)cc2)c1. The maximum atomic E-state index is 13.0. The number of carbonyl (C=O) groups is 2. The van der Waals surface area contributed by atoms with Crippen molar-refractivity contribution in [2.45, 2.75) is 13.5 Å². The Balaban J connectivity index is 1.65. The average Bonchev–Trinajstić information content (AvgIpc) is 2.73. The molecule has 0 aliphatic rings. The number of carbonyl (C=O) groups excluding carboxylic acids is 2. The number of anilines is 2. The lowest BCUT2D eigenvalue weighted by molar-refractivity contribution is 0.101. The van der Waals surface area contributed by atoms with E-state index in [0.717, 1.165) is 5.56 Å². The van der Waals surface area contributed by atoms with Gasteiger partial charge in [0.25, 0.3) is 5.91 Å². The highest BCUT2D eigenvalue weighted by Gasteiger charge is 2.08. The molecule has 1 amide bonds. The monoisotopic (exact) mass is 387 g/mol. The van der Waals surface area contributed by atoms with Gasteiger partial charge in [0.05, 0.1) is 11.3 Å². The molecule has 2 N–H and O–H groups in total. The normalized spacial score (nSPS) is 10.1. The standard InChI is InChI=1S/C23H18FN3O2/c1-15(28)18-4-5-19(13-25)22(12-18)26-14-16-2-10-21(11-3-16)27-23(29)17-6-8-20(24)9-7-17/h2-12,26H,14H2,1H3,(H,27,29). The van der Waals surface area contributed by atoms with Gasteiger partial charge in [-0.1, -0.05) is 12.1 Å². The van der Waals surface area contributed by atoms with E-state index >= 15 is 0 Å². The fraction of sp³-hybridized carbons (Fsp3) is 0.0870. The molecule has 0 aliphatic heterocycles. The third-order valence-electron chi connectivity index (χ3n) is 4.35. The first-order chi connectivity index (χ1) is 14.0. The van der Waals surface area contributed by atoms with Gasteiger partial charge in [-0.05, 0) is 67.1 Å². The first kappa shape index (κ1) is 19.8. The number of benzene rings is 3. The van der Waals surface area contributed by atoms with Crippen molar-refractivity contribution in [1.82, 2.24) is 0 Å². The molecule has 5 nitrogen and oxygen atoms in total. The van der Waals surface area contributed by atoms with Crippen molar-refractivity contribution in [3.63, 3.8) is 0 Å². The highest BCUT2D eigenvalue weighted by molar-refractivity contribution is 6.04. The van der Waals surface area contributed by atoms with Crippen LogP contribution in [0.25, 0.3) is 0 Å². The van der Waals surface area contributed by atoms with E-state index in [-0.39, 0.29) is 11.7 Å². The summed E-state index contributed by atoms with van der Waals surface area (Å²) in [5.41, 5.74) is 3.49. The Bertz CT molecular complexity index is 1080. The van der Waals surface area contributed by atoms with Gasteiger partial charge >= 0.3 is 0 Å². The molecule has 0 fully saturated rings. The third kappa shape index (κ3) is 5.05. The number of nitrogens with one attached hydrogen (secondary N) is 2. The van der Waals surface area contributed by atoms with E-state index in [0.29, 0.717) is 34.6 Å². The maximum absolute atomic E-state index is 13.0. The molecule has 0 atom stereocenters. The molecule has 0 saturated heterocycles. The van der Waals surface area contributed by atoms with Crippen molar-refractivity contribution in [3.8, 4) is 6.07 Å². The first-order valence-electron chi connectivity index (χ1n) is 8.91. The number of nitrogens with zero attached hydrogens (tertiary/aromatic N) is 1. The molecule has 3 aromatic rings. The lowest BCUT2D eigenvalue weighted by Gasteiger charge is -2.11. The summed E-state index contributed by atoms with van der Waals surface area (Å²) in [5, 5.41) is 15.2. The van der Waals surface area contributed by atoms with Gasteiger partial charge in [0.2, 0.25) is 0 Å². The molecule has 144 valence electrons. The Kier molecular flexibility index (Phi) is 6.00. The van der Waals surface area contributed by atoms with Crippen LogP contribution in [-0.2, 0) is 6.54 Å². The molecule has 0 radical (unpaired) electrons. The van der Waals surface area contributed by atoms with Crippen LogP contribution >= 0.6 is 0 Å². The highest BCUT2D eigenvalue weighted by Crippen LogP contribution is 2.19. The van der Waals surface area contributed by atoms with E-state index in [1.165, 1.54) is 31.2 Å². The fourth-order valence-electron chi connectivity index (χ4n) is 2.71. The predicted octanol–water partition coefficient (Wildman–Crippen LogP) is 4.76. The zero-order valence-electron chi connectivity index (χ0n) is 15.7. The number of halogens is 1. The fourth-order valence-corrected chi connectivity index (χ4v) is 2.71. The molecule has 3 rings (SSSR count). The van der Waals surface area contributed by atoms with Crippen molar-refractivity contribution >= 4 is 23.1 Å². The second-order valence-corrected chi connectivity index (χ2v) is 6.44. The summed E-state index contributed by atoms with van der Waals surface area (Å²) in [5.74, 6) is -0.791. The van der Waals surface area contributed by atoms with Crippen molar-refractivity contribution in [3.05, 3.63) is 94.8 Å². The minimum atomic E-state index is -0.396. The summed E-state index contributed by atoms with van der Waals surface area (Å²) in [6.45, 7) is 1.92. The Morgan fingerprint density at radius 1 is 0.966 bits per heavy atom. The molecule has 0 aromatic heterocycles. The van der Waals surface area contributed by atoms with Crippen LogP contribution in [0.5, 0.6) is 0 Å². The van der Waals surface area contributed by atoms with Crippen LogP contribution < -0.4 is 10.6 Å². The van der Waals surface area contributed by atoms with Crippen LogP contribution in [0.2, 0.25) is 0 Å². The molecule has 0 spiro atoms. The number of hydrogen-bond acceptors (Lipinski definition) is 4. The average molecular weight is 387 g/mol. The van der Waals surface area contributed by atoms with Gasteiger partial charge in [-0.3, -0.25) is 9.59 Å². The Hall–Kier alpha value is -3.98. The van der Waals surface area contributed by atoms with E-state index in [9.17, 15) is 19.2 Å². The summed E-state index contributed by atoms with van der Waals surface area (Å²) in [6, 6.07) is 19.5. The van der Waals surface area contributed by atoms with Crippen LogP contribution in [0.4, 0.5) is 15.8 Å². The van der Waals surface area contributed by atoms with Gasteiger partial charge in [0.1, 0.15) is 11.9 Å². The van der Waals surface area contributed by atoms with Gasteiger partial charge in [-0.25, -0.2) is 4.39 Å². The van der Waals surface area contributed by atoms with Crippen LogP contribution in [0, 0.1) is 17.1 Å². The van der Waals surface area contributed by atoms with E-state index in [1.807, 2.05) is 12.1 Å². The predicted molar refractivity (Wildman–Crippen MR) is 109 cm³/mol. The molecule has 3 aromatic carbocycles. The maximum Gasteiger partial charge on any atom is 0.255 e. The molecule has 0 unspecified atom stereocenters.